The lowest BCUT2D eigenvalue weighted by Gasteiger charge is -2.01. The summed E-state index contributed by atoms with van der Waals surface area (Å²) in [4.78, 5) is 15.5. The average Bonchev–Trinajstić information content (AvgIpc) is 2.26. The molecule has 0 aliphatic rings. The van der Waals surface area contributed by atoms with Crippen molar-refractivity contribution in [2.24, 2.45) is 5.90 Å². The van der Waals surface area contributed by atoms with Gasteiger partial charge in [0.15, 0.2) is 0 Å². The molecule has 0 heterocycles. The van der Waals surface area contributed by atoms with Gasteiger partial charge in [-0.1, -0.05) is 12.1 Å². The normalized spacial score (nSPS) is 9.86. The molecule has 1 aromatic carbocycles. The first-order valence-electron chi connectivity index (χ1n) is 4.27. The molecule has 0 aliphatic heterocycles. The maximum atomic E-state index is 11.1. The fraction of sp³-hybridized carbons (Fsp3) is 0.300. The van der Waals surface area contributed by atoms with Gasteiger partial charge in [-0.05, 0) is 24.1 Å². The van der Waals surface area contributed by atoms with Crippen molar-refractivity contribution in [1.29, 1.82) is 0 Å². The van der Waals surface area contributed by atoms with E-state index < -0.39 is 0 Å². The molecule has 4 heteroatoms. The van der Waals surface area contributed by atoms with Crippen LogP contribution < -0.4 is 5.90 Å². The smallest absolute Gasteiger partial charge is 0.337 e. The number of hydrogen-bond donors (Lipinski definition) is 1. The summed E-state index contributed by atoms with van der Waals surface area (Å²) >= 11 is 0. The highest BCUT2D eigenvalue weighted by Gasteiger charge is 2.03. The Labute approximate surface area is 82.6 Å². The highest BCUT2D eigenvalue weighted by molar-refractivity contribution is 5.89. The number of esters is 1. The summed E-state index contributed by atoms with van der Waals surface area (Å²) in [5, 5.41) is 0. The molecule has 1 rings (SSSR count). The van der Waals surface area contributed by atoms with Crippen LogP contribution in [0.1, 0.15) is 15.9 Å². The summed E-state index contributed by atoms with van der Waals surface area (Å²) in [6.07, 6.45) is 0.734. The van der Waals surface area contributed by atoms with Gasteiger partial charge >= 0.3 is 5.97 Å². The quantitative estimate of drug-likeness (QED) is 0.573. The Balaban J connectivity index is 2.63. The molecule has 0 aromatic heterocycles. The third-order valence-electron chi connectivity index (χ3n) is 1.88. The maximum absolute atomic E-state index is 11.1. The molecule has 4 nitrogen and oxygen atoms in total. The van der Waals surface area contributed by atoms with Gasteiger partial charge in [-0.3, -0.25) is 0 Å². The zero-order valence-electron chi connectivity index (χ0n) is 8.03. The fourth-order valence-corrected chi connectivity index (χ4v) is 1.10. The molecular weight excluding hydrogens is 182 g/mol. The molecule has 0 unspecified atom stereocenters. The standard InChI is InChI=1S/C10H13NO3/c1-13-10(12)9-4-2-8(3-5-9)6-7-14-11/h2-5H,6-7,11H2,1H3. The van der Waals surface area contributed by atoms with Crippen molar-refractivity contribution in [3.05, 3.63) is 35.4 Å². The van der Waals surface area contributed by atoms with Gasteiger partial charge in [0.1, 0.15) is 0 Å². The van der Waals surface area contributed by atoms with Crippen LogP contribution >= 0.6 is 0 Å². The van der Waals surface area contributed by atoms with Gasteiger partial charge in [0, 0.05) is 0 Å². The summed E-state index contributed by atoms with van der Waals surface area (Å²) in [6, 6.07) is 7.14. The Morgan fingerprint density at radius 2 is 2.00 bits per heavy atom. The third-order valence-corrected chi connectivity index (χ3v) is 1.88. The van der Waals surface area contributed by atoms with Crippen molar-refractivity contribution < 1.29 is 14.4 Å². The second kappa shape index (κ2) is 5.36. The number of hydrogen-bond acceptors (Lipinski definition) is 4. The Hall–Kier alpha value is -1.39. The number of carbonyl (C=O) groups excluding carboxylic acids is 1. The van der Waals surface area contributed by atoms with Crippen molar-refractivity contribution in [2.45, 2.75) is 6.42 Å². The molecule has 0 saturated heterocycles. The van der Waals surface area contributed by atoms with Gasteiger partial charge in [0.25, 0.3) is 0 Å². The molecule has 1 aromatic rings. The van der Waals surface area contributed by atoms with Crippen molar-refractivity contribution in [3.63, 3.8) is 0 Å². The minimum atomic E-state index is -0.327. The number of rotatable bonds is 4. The highest BCUT2D eigenvalue weighted by Crippen LogP contribution is 2.06. The van der Waals surface area contributed by atoms with E-state index in [0.29, 0.717) is 12.2 Å². The van der Waals surface area contributed by atoms with Gasteiger partial charge in [-0.25, -0.2) is 10.7 Å². The average molecular weight is 195 g/mol. The summed E-state index contributed by atoms with van der Waals surface area (Å²) in [6.45, 7) is 0.470. The Bertz CT molecular complexity index is 295. The zero-order chi connectivity index (χ0) is 10.4. The lowest BCUT2D eigenvalue weighted by atomic mass is 10.1. The van der Waals surface area contributed by atoms with Crippen LogP contribution in [-0.4, -0.2) is 19.7 Å². The predicted molar refractivity (Wildman–Crippen MR) is 51.6 cm³/mol. The first-order chi connectivity index (χ1) is 6.77. The number of nitrogens with two attached hydrogens (primary N) is 1. The molecule has 0 bridgehead atoms. The van der Waals surface area contributed by atoms with E-state index in [4.69, 9.17) is 5.90 Å². The Morgan fingerprint density at radius 1 is 1.36 bits per heavy atom. The first kappa shape index (κ1) is 10.7. The van der Waals surface area contributed by atoms with E-state index in [0.717, 1.165) is 12.0 Å². The molecule has 0 fully saturated rings. The van der Waals surface area contributed by atoms with Gasteiger partial charge in [-0.2, -0.15) is 0 Å². The first-order valence-corrected chi connectivity index (χ1v) is 4.27. The highest BCUT2D eigenvalue weighted by atomic mass is 16.6. The van der Waals surface area contributed by atoms with E-state index in [1.165, 1.54) is 7.11 Å². The van der Waals surface area contributed by atoms with Crippen molar-refractivity contribution in [1.82, 2.24) is 0 Å². The lowest BCUT2D eigenvalue weighted by molar-refractivity contribution is 0.0600. The zero-order valence-corrected chi connectivity index (χ0v) is 8.03. The fourth-order valence-electron chi connectivity index (χ4n) is 1.10. The van der Waals surface area contributed by atoms with Crippen molar-refractivity contribution in [3.8, 4) is 0 Å². The Kier molecular flexibility index (Phi) is 4.10. The number of carbonyl (C=O) groups is 1. The summed E-state index contributed by atoms with van der Waals surface area (Å²) in [7, 11) is 1.36. The van der Waals surface area contributed by atoms with Gasteiger partial charge in [0.05, 0.1) is 19.3 Å². The van der Waals surface area contributed by atoms with E-state index in [1.807, 2.05) is 12.1 Å². The van der Waals surface area contributed by atoms with Crippen LogP contribution in [-0.2, 0) is 16.0 Å². The molecule has 0 spiro atoms. The summed E-state index contributed by atoms with van der Waals surface area (Å²) in [5.41, 5.74) is 1.62. The monoisotopic (exact) mass is 195 g/mol. The summed E-state index contributed by atoms with van der Waals surface area (Å²) < 4.78 is 4.57. The van der Waals surface area contributed by atoms with E-state index in [2.05, 4.69) is 9.57 Å². The van der Waals surface area contributed by atoms with Crippen molar-refractivity contribution in [2.75, 3.05) is 13.7 Å². The number of benzene rings is 1. The molecule has 76 valence electrons. The molecule has 14 heavy (non-hydrogen) atoms. The molecule has 0 amide bonds. The third kappa shape index (κ3) is 2.83. The maximum Gasteiger partial charge on any atom is 0.337 e. The van der Waals surface area contributed by atoms with E-state index >= 15 is 0 Å². The van der Waals surface area contributed by atoms with Gasteiger partial charge < -0.3 is 9.57 Å². The van der Waals surface area contributed by atoms with E-state index in [9.17, 15) is 4.79 Å². The molecule has 0 radical (unpaired) electrons. The second-order valence-electron chi connectivity index (χ2n) is 2.81. The second-order valence-corrected chi connectivity index (χ2v) is 2.81. The van der Waals surface area contributed by atoms with Gasteiger partial charge in [-0.15, -0.1) is 0 Å². The van der Waals surface area contributed by atoms with E-state index in [1.54, 1.807) is 12.1 Å². The van der Waals surface area contributed by atoms with Crippen LogP contribution in [0.4, 0.5) is 0 Å². The van der Waals surface area contributed by atoms with Gasteiger partial charge in [0.2, 0.25) is 0 Å². The molecular formula is C10H13NO3. The largest absolute Gasteiger partial charge is 0.465 e. The van der Waals surface area contributed by atoms with Crippen LogP contribution in [0.25, 0.3) is 0 Å². The molecule has 2 N–H and O–H groups in total. The van der Waals surface area contributed by atoms with Crippen LogP contribution in [0.15, 0.2) is 24.3 Å². The van der Waals surface area contributed by atoms with Crippen LogP contribution in [0.3, 0.4) is 0 Å². The summed E-state index contributed by atoms with van der Waals surface area (Å²) in [5.74, 6) is 4.57. The predicted octanol–water partition coefficient (Wildman–Crippen LogP) is 0.906. The van der Waals surface area contributed by atoms with E-state index in [-0.39, 0.29) is 5.97 Å². The van der Waals surface area contributed by atoms with Crippen molar-refractivity contribution >= 4 is 5.97 Å². The SMILES string of the molecule is COC(=O)c1ccc(CCON)cc1. The molecule has 0 aliphatic carbocycles. The molecule has 0 atom stereocenters. The molecule has 0 saturated carbocycles. The minimum absolute atomic E-state index is 0.327. The number of methoxy groups -OCH3 is 1. The Morgan fingerprint density at radius 3 is 2.50 bits per heavy atom. The van der Waals surface area contributed by atoms with Crippen LogP contribution in [0, 0.1) is 0 Å². The van der Waals surface area contributed by atoms with Crippen LogP contribution in [0.2, 0.25) is 0 Å². The topological polar surface area (TPSA) is 61.5 Å². The lowest BCUT2D eigenvalue weighted by Crippen LogP contribution is -2.04. The number of ether oxygens (including phenoxy) is 1. The minimum Gasteiger partial charge on any atom is -0.465 e. The van der Waals surface area contributed by atoms with Crippen LogP contribution in [0.5, 0.6) is 0 Å².